The van der Waals surface area contributed by atoms with Gasteiger partial charge in [0.2, 0.25) is 5.91 Å². The molecule has 0 radical (unpaired) electrons. The lowest BCUT2D eigenvalue weighted by Gasteiger charge is -2.18. The normalized spacial score (nSPS) is 17.8. The summed E-state index contributed by atoms with van der Waals surface area (Å²) >= 11 is 0. The minimum Gasteiger partial charge on any atom is -0.359 e. The van der Waals surface area contributed by atoms with E-state index in [0.29, 0.717) is 31.4 Å². The summed E-state index contributed by atoms with van der Waals surface area (Å²) in [6.07, 6.45) is 0.440. The summed E-state index contributed by atoms with van der Waals surface area (Å²) in [7, 11) is 1.71. The molecule has 0 bridgehead atoms. The first kappa shape index (κ1) is 18.0. The number of aliphatic imine (C=N–C) groups is 1. The molecule has 3 rings (SSSR count). The number of benzene rings is 1. The lowest BCUT2D eigenvalue weighted by atomic mass is 10.1. The Bertz CT molecular complexity index is 769. The van der Waals surface area contributed by atoms with E-state index in [4.69, 9.17) is 4.52 Å². The van der Waals surface area contributed by atoms with E-state index in [1.54, 1.807) is 11.9 Å². The van der Waals surface area contributed by atoms with E-state index in [1.165, 1.54) is 0 Å². The number of para-hydroxylation sites is 1. The summed E-state index contributed by atoms with van der Waals surface area (Å²) in [5.74, 6) is 1.84. The van der Waals surface area contributed by atoms with Crippen LogP contribution in [0.2, 0.25) is 0 Å². The predicted octanol–water partition coefficient (Wildman–Crippen LogP) is 2.27. The van der Waals surface area contributed by atoms with Crippen molar-refractivity contribution in [3.05, 3.63) is 47.9 Å². The number of aromatic nitrogens is 1. The van der Waals surface area contributed by atoms with E-state index in [2.05, 4.69) is 34.6 Å². The molecule has 7 heteroatoms. The number of hydrogen-bond donors (Lipinski definition) is 2. The minimum absolute atomic E-state index is 0.00913. The SMILES string of the molecule is CN=C(NCc1cc(C(C)C)no1)NC1CC(=O)N(c2ccccc2)C1. The fraction of sp³-hybridized carbons (Fsp3) is 0.421. The molecule has 2 heterocycles. The third-order valence-corrected chi connectivity index (χ3v) is 4.36. The van der Waals surface area contributed by atoms with Gasteiger partial charge in [-0.25, -0.2) is 0 Å². The van der Waals surface area contributed by atoms with Gasteiger partial charge >= 0.3 is 0 Å². The summed E-state index contributed by atoms with van der Waals surface area (Å²) in [6.45, 7) is 5.25. The average Bonchev–Trinajstić information content (AvgIpc) is 3.26. The summed E-state index contributed by atoms with van der Waals surface area (Å²) < 4.78 is 5.33. The largest absolute Gasteiger partial charge is 0.359 e. The Hall–Kier alpha value is -2.83. The van der Waals surface area contributed by atoms with Gasteiger partial charge in [0.25, 0.3) is 0 Å². The molecule has 26 heavy (non-hydrogen) atoms. The fourth-order valence-electron chi connectivity index (χ4n) is 2.90. The van der Waals surface area contributed by atoms with Crippen LogP contribution in [0.4, 0.5) is 5.69 Å². The van der Waals surface area contributed by atoms with Gasteiger partial charge in [0.1, 0.15) is 0 Å². The van der Waals surface area contributed by atoms with Crippen molar-refractivity contribution in [3.63, 3.8) is 0 Å². The van der Waals surface area contributed by atoms with Crippen LogP contribution in [0.3, 0.4) is 0 Å². The van der Waals surface area contributed by atoms with E-state index in [9.17, 15) is 4.79 Å². The average molecular weight is 355 g/mol. The quantitative estimate of drug-likeness (QED) is 0.635. The molecule has 1 aromatic heterocycles. The lowest BCUT2D eigenvalue weighted by molar-refractivity contribution is -0.117. The van der Waals surface area contributed by atoms with Crippen LogP contribution < -0.4 is 15.5 Å². The number of nitrogens with one attached hydrogen (secondary N) is 2. The van der Waals surface area contributed by atoms with E-state index in [-0.39, 0.29) is 11.9 Å². The molecule has 1 fully saturated rings. The highest BCUT2D eigenvalue weighted by molar-refractivity contribution is 5.97. The van der Waals surface area contributed by atoms with E-state index in [1.807, 2.05) is 36.4 Å². The zero-order valence-corrected chi connectivity index (χ0v) is 15.4. The second-order valence-electron chi connectivity index (χ2n) is 6.68. The zero-order valence-electron chi connectivity index (χ0n) is 15.4. The van der Waals surface area contributed by atoms with Crippen molar-refractivity contribution < 1.29 is 9.32 Å². The molecule has 1 amide bonds. The van der Waals surface area contributed by atoms with Crippen LogP contribution in [0, 0.1) is 0 Å². The van der Waals surface area contributed by atoms with Gasteiger partial charge in [-0.15, -0.1) is 0 Å². The van der Waals surface area contributed by atoms with Crippen LogP contribution in [0.1, 0.15) is 37.6 Å². The molecule has 7 nitrogen and oxygen atoms in total. The monoisotopic (exact) mass is 355 g/mol. The first-order valence-corrected chi connectivity index (χ1v) is 8.85. The van der Waals surface area contributed by atoms with Crippen molar-refractivity contribution in [1.29, 1.82) is 0 Å². The fourth-order valence-corrected chi connectivity index (χ4v) is 2.90. The number of nitrogens with zero attached hydrogens (tertiary/aromatic N) is 3. The summed E-state index contributed by atoms with van der Waals surface area (Å²) in [5, 5.41) is 10.6. The maximum Gasteiger partial charge on any atom is 0.229 e. The van der Waals surface area contributed by atoms with Crippen LogP contribution >= 0.6 is 0 Å². The Morgan fingerprint density at radius 1 is 1.38 bits per heavy atom. The maximum absolute atomic E-state index is 12.3. The molecule has 0 spiro atoms. The Balaban J connectivity index is 1.54. The number of guanidine groups is 1. The second kappa shape index (κ2) is 8.03. The highest BCUT2D eigenvalue weighted by Crippen LogP contribution is 2.21. The Labute approximate surface area is 153 Å². The van der Waals surface area contributed by atoms with Gasteiger partial charge in [0, 0.05) is 31.8 Å². The first-order chi connectivity index (χ1) is 12.6. The Kier molecular flexibility index (Phi) is 5.55. The maximum atomic E-state index is 12.3. The third kappa shape index (κ3) is 4.22. The molecule has 138 valence electrons. The Morgan fingerprint density at radius 2 is 2.15 bits per heavy atom. The third-order valence-electron chi connectivity index (χ3n) is 4.36. The molecular weight excluding hydrogens is 330 g/mol. The topological polar surface area (TPSA) is 82.8 Å². The number of amides is 1. The summed E-state index contributed by atoms with van der Waals surface area (Å²) in [6, 6.07) is 11.7. The van der Waals surface area contributed by atoms with Gasteiger partial charge in [-0.1, -0.05) is 37.2 Å². The number of carbonyl (C=O) groups is 1. The summed E-state index contributed by atoms with van der Waals surface area (Å²) in [5.41, 5.74) is 1.86. The van der Waals surface area contributed by atoms with E-state index < -0.39 is 0 Å². The molecule has 1 aliphatic rings. The van der Waals surface area contributed by atoms with Gasteiger partial charge in [-0.05, 0) is 18.1 Å². The highest BCUT2D eigenvalue weighted by Gasteiger charge is 2.31. The number of carbonyl (C=O) groups excluding carboxylic acids is 1. The van der Waals surface area contributed by atoms with Gasteiger partial charge in [0.05, 0.1) is 18.3 Å². The lowest BCUT2D eigenvalue weighted by Crippen LogP contribution is -2.44. The second-order valence-corrected chi connectivity index (χ2v) is 6.68. The van der Waals surface area contributed by atoms with E-state index >= 15 is 0 Å². The molecule has 1 saturated heterocycles. The molecule has 0 aliphatic carbocycles. The van der Waals surface area contributed by atoms with E-state index in [0.717, 1.165) is 17.1 Å². The molecule has 1 aliphatic heterocycles. The van der Waals surface area contributed by atoms with Crippen molar-refractivity contribution in [2.24, 2.45) is 4.99 Å². The van der Waals surface area contributed by atoms with Gasteiger partial charge in [-0.2, -0.15) is 0 Å². The molecule has 1 atom stereocenters. The Morgan fingerprint density at radius 3 is 2.81 bits per heavy atom. The number of hydrogen-bond acceptors (Lipinski definition) is 4. The highest BCUT2D eigenvalue weighted by atomic mass is 16.5. The molecular formula is C19H25N5O2. The first-order valence-electron chi connectivity index (χ1n) is 8.85. The molecule has 2 N–H and O–H groups in total. The molecule has 1 unspecified atom stereocenters. The summed E-state index contributed by atoms with van der Waals surface area (Å²) in [4.78, 5) is 18.3. The van der Waals surface area contributed by atoms with Crippen molar-refractivity contribution in [2.45, 2.75) is 38.8 Å². The van der Waals surface area contributed by atoms with Gasteiger partial charge in [-0.3, -0.25) is 9.79 Å². The zero-order chi connectivity index (χ0) is 18.5. The number of anilines is 1. The molecule has 1 aromatic carbocycles. The molecule has 0 saturated carbocycles. The van der Waals surface area contributed by atoms with Gasteiger partial charge in [0.15, 0.2) is 11.7 Å². The van der Waals surface area contributed by atoms with Crippen LogP contribution in [0.15, 0.2) is 45.9 Å². The standard InChI is InChI=1S/C19H25N5O2/c1-13(2)17-10-16(26-23-17)11-21-19(20-3)22-14-9-18(25)24(12-14)15-7-5-4-6-8-15/h4-8,10,13-14H,9,11-12H2,1-3H3,(H2,20,21,22). The van der Waals surface area contributed by atoms with Crippen molar-refractivity contribution in [2.75, 3.05) is 18.5 Å². The van der Waals surface area contributed by atoms with Crippen molar-refractivity contribution in [1.82, 2.24) is 15.8 Å². The smallest absolute Gasteiger partial charge is 0.229 e. The minimum atomic E-state index is 0.00913. The van der Waals surface area contributed by atoms with Crippen LogP contribution in [-0.4, -0.2) is 36.7 Å². The predicted molar refractivity (Wildman–Crippen MR) is 101 cm³/mol. The van der Waals surface area contributed by atoms with Gasteiger partial charge < -0.3 is 20.1 Å². The van der Waals surface area contributed by atoms with Crippen LogP contribution in [0.5, 0.6) is 0 Å². The molecule has 2 aromatic rings. The van der Waals surface area contributed by atoms with Crippen LogP contribution in [0.25, 0.3) is 0 Å². The van der Waals surface area contributed by atoms with Crippen molar-refractivity contribution >= 4 is 17.6 Å². The van der Waals surface area contributed by atoms with Crippen molar-refractivity contribution in [3.8, 4) is 0 Å². The number of rotatable bonds is 5. The van der Waals surface area contributed by atoms with Crippen LogP contribution in [-0.2, 0) is 11.3 Å².